The van der Waals surface area contributed by atoms with Crippen LogP contribution in [0.4, 0.5) is 5.69 Å². The van der Waals surface area contributed by atoms with Crippen molar-refractivity contribution in [2.24, 2.45) is 5.92 Å². The molecule has 0 spiro atoms. The lowest BCUT2D eigenvalue weighted by Gasteiger charge is -2.12. The molecular formula is C20H29N3O3. The lowest BCUT2D eigenvalue weighted by Crippen LogP contribution is -2.33. The van der Waals surface area contributed by atoms with Gasteiger partial charge >= 0.3 is 0 Å². The normalized spacial score (nSPS) is 14.3. The van der Waals surface area contributed by atoms with Crippen LogP contribution in [0.1, 0.15) is 62.7 Å². The molecule has 0 atom stereocenters. The Morgan fingerprint density at radius 3 is 2.46 bits per heavy atom. The van der Waals surface area contributed by atoms with Crippen molar-refractivity contribution in [3.8, 4) is 0 Å². The van der Waals surface area contributed by atoms with Crippen molar-refractivity contribution in [2.45, 2.75) is 58.4 Å². The van der Waals surface area contributed by atoms with E-state index in [1.54, 1.807) is 24.3 Å². The number of hydrogen-bond acceptors (Lipinski definition) is 3. The zero-order valence-electron chi connectivity index (χ0n) is 15.6. The van der Waals surface area contributed by atoms with Crippen LogP contribution < -0.4 is 16.0 Å². The van der Waals surface area contributed by atoms with Crippen molar-refractivity contribution in [1.82, 2.24) is 10.6 Å². The Morgan fingerprint density at radius 2 is 1.77 bits per heavy atom. The molecular weight excluding hydrogens is 330 g/mol. The summed E-state index contributed by atoms with van der Waals surface area (Å²) in [5.41, 5.74) is 1.06. The number of carbonyl (C=O) groups excluding carboxylic acids is 3. The molecule has 3 amide bonds. The molecule has 142 valence electrons. The van der Waals surface area contributed by atoms with Crippen LogP contribution in [-0.4, -0.2) is 30.3 Å². The first kappa shape index (κ1) is 19.9. The summed E-state index contributed by atoms with van der Waals surface area (Å²) in [4.78, 5) is 36.0. The Hall–Kier alpha value is -2.37. The van der Waals surface area contributed by atoms with Gasteiger partial charge in [0.2, 0.25) is 11.8 Å². The van der Waals surface area contributed by atoms with E-state index in [9.17, 15) is 14.4 Å². The summed E-state index contributed by atoms with van der Waals surface area (Å²) in [7, 11) is 0. The molecule has 0 saturated heterocycles. The molecule has 1 fully saturated rings. The van der Waals surface area contributed by atoms with Crippen LogP contribution in [0.3, 0.4) is 0 Å². The van der Waals surface area contributed by atoms with Gasteiger partial charge in [0.25, 0.3) is 5.91 Å². The second-order valence-corrected chi connectivity index (χ2v) is 7.28. The molecule has 6 heteroatoms. The van der Waals surface area contributed by atoms with Crippen LogP contribution in [0.2, 0.25) is 0 Å². The minimum absolute atomic E-state index is 0.0751. The maximum atomic E-state index is 12.1. The summed E-state index contributed by atoms with van der Waals surface area (Å²) >= 11 is 0. The Balaban J connectivity index is 1.78. The lowest BCUT2D eigenvalue weighted by molar-refractivity contribution is -0.124. The number of nitrogens with one attached hydrogen (secondary N) is 3. The third kappa shape index (κ3) is 6.86. The van der Waals surface area contributed by atoms with Crippen LogP contribution in [0, 0.1) is 5.92 Å². The van der Waals surface area contributed by atoms with E-state index in [1.165, 1.54) is 0 Å². The predicted octanol–water partition coefficient (Wildman–Crippen LogP) is 2.85. The minimum atomic E-state index is -0.230. The van der Waals surface area contributed by atoms with Gasteiger partial charge in [-0.2, -0.15) is 0 Å². The van der Waals surface area contributed by atoms with Crippen LogP contribution in [0.15, 0.2) is 24.3 Å². The van der Waals surface area contributed by atoms with Gasteiger partial charge in [-0.05, 0) is 37.0 Å². The average Bonchev–Trinajstić information content (AvgIpc) is 3.11. The molecule has 0 unspecified atom stereocenters. The molecule has 26 heavy (non-hydrogen) atoms. The van der Waals surface area contributed by atoms with Crippen molar-refractivity contribution in [1.29, 1.82) is 0 Å². The first-order valence-corrected chi connectivity index (χ1v) is 9.41. The summed E-state index contributed by atoms with van der Waals surface area (Å²) in [6.45, 7) is 4.66. The SMILES string of the molecule is CC(C)CNC(=O)c1cccc(NC(=O)CCC(=O)NC2CCCC2)c1. The van der Waals surface area contributed by atoms with Crippen molar-refractivity contribution >= 4 is 23.4 Å². The summed E-state index contributed by atoms with van der Waals surface area (Å²) in [5.74, 6) is -0.0943. The fourth-order valence-electron chi connectivity index (χ4n) is 2.96. The first-order chi connectivity index (χ1) is 12.4. The molecule has 1 saturated carbocycles. The highest BCUT2D eigenvalue weighted by Crippen LogP contribution is 2.17. The molecule has 1 aromatic rings. The number of carbonyl (C=O) groups is 3. The van der Waals surface area contributed by atoms with E-state index >= 15 is 0 Å². The van der Waals surface area contributed by atoms with E-state index in [2.05, 4.69) is 16.0 Å². The number of hydrogen-bond donors (Lipinski definition) is 3. The standard InChI is InChI=1S/C20H29N3O3/c1-14(2)13-21-20(26)15-6-5-9-17(12-15)23-19(25)11-10-18(24)22-16-7-3-4-8-16/h5-6,9,12,14,16H,3-4,7-8,10-11,13H2,1-2H3,(H,21,26)(H,22,24)(H,23,25). The van der Waals surface area contributed by atoms with Gasteiger partial charge in [0, 0.05) is 36.7 Å². The minimum Gasteiger partial charge on any atom is -0.353 e. The van der Waals surface area contributed by atoms with Crippen LogP contribution >= 0.6 is 0 Å². The van der Waals surface area contributed by atoms with Crippen LogP contribution in [0.25, 0.3) is 0 Å². The quantitative estimate of drug-likeness (QED) is 0.667. The fraction of sp³-hybridized carbons (Fsp3) is 0.550. The van der Waals surface area contributed by atoms with Gasteiger partial charge in [-0.15, -0.1) is 0 Å². The maximum Gasteiger partial charge on any atom is 0.251 e. The number of amides is 3. The van der Waals surface area contributed by atoms with E-state index in [0.717, 1.165) is 25.7 Å². The number of benzene rings is 1. The Kier molecular flexibility index (Phi) is 7.63. The van der Waals surface area contributed by atoms with Crippen LogP contribution in [-0.2, 0) is 9.59 Å². The van der Waals surface area contributed by atoms with E-state index < -0.39 is 0 Å². The first-order valence-electron chi connectivity index (χ1n) is 9.41. The van der Waals surface area contributed by atoms with Gasteiger partial charge < -0.3 is 16.0 Å². The van der Waals surface area contributed by atoms with Gasteiger partial charge in [0.05, 0.1) is 0 Å². The largest absolute Gasteiger partial charge is 0.353 e. The van der Waals surface area contributed by atoms with E-state index in [4.69, 9.17) is 0 Å². The average molecular weight is 359 g/mol. The monoisotopic (exact) mass is 359 g/mol. The lowest BCUT2D eigenvalue weighted by atomic mass is 10.1. The zero-order valence-corrected chi connectivity index (χ0v) is 15.6. The Labute approximate surface area is 155 Å². The van der Waals surface area contributed by atoms with Gasteiger partial charge in [-0.25, -0.2) is 0 Å². The maximum absolute atomic E-state index is 12.1. The van der Waals surface area contributed by atoms with E-state index in [0.29, 0.717) is 23.7 Å². The zero-order chi connectivity index (χ0) is 18.9. The molecule has 1 aliphatic carbocycles. The molecule has 0 radical (unpaired) electrons. The van der Waals surface area contributed by atoms with Crippen molar-refractivity contribution < 1.29 is 14.4 Å². The van der Waals surface area contributed by atoms with Crippen molar-refractivity contribution in [3.63, 3.8) is 0 Å². The summed E-state index contributed by atoms with van der Waals surface area (Å²) in [5, 5.41) is 8.57. The second-order valence-electron chi connectivity index (χ2n) is 7.28. The number of anilines is 1. The van der Waals surface area contributed by atoms with Gasteiger partial charge in [0.15, 0.2) is 0 Å². The summed E-state index contributed by atoms with van der Waals surface area (Å²) in [6.07, 6.45) is 4.69. The fourth-order valence-corrected chi connectivity index (χ4v) is 2.96. The molecule has 3 N–H and O–H groups in total. The molecule has 0 bridgehead atoms. The third-order valence-electron chi connectivity index (χ3n) is 4.38. The topological polar surface area (TPSA) is 87.3 Å². The number of rotatable bonds is 8. The molecule has 6 nitrogen and oxygen atoms in total. The predicted molar refractivity (Wildman–Crippen MR) is 102 cm³/mol. The Morgan fingerprint density at radius 1 is 1.08 bits per heavy atom. The highest BCUT2D eigenvalue weighted by Gasteiger charge is 2.17. The molecule has 0 heterocycles. The molecule has 0 aromatic heterocycles. The highest BCUT2D eigenvalue weighted by molar-refractivity contribution is 5.97. The third-order valence-corrected chi connectivity index (χ3v) is 4.38. The van der Waals surface area contributed by atoms with Crippen molar-refractivity contribution in [2.75, 3.05) is 11.9 Å². The van der Waals surface area contributed by atoms with E-state index in [-0.39, 0.29) is 36.6 Å². The van der Waals surface area contributed by atoms with E-state index in [1.807, 2.05) is 13.8 Å². The van der Waals surface area contributed by atoms with Gasteiger partial charge in [-0.1, -0.05) is 32.8 Å². The van der Waals surface area contributed by atoms with Gasteiger partial charge in [-0.3, -0.25) is 14.4 Å². The smallest absolute Gasteiger partial charge is 0.251 e. The Bertz CT molecular complexity index is 637. The molecule has 1 aromatic carbocycles. The molecule has 2 rings (SSSR count). The summed E-state index contributed by atoms with van der Waals surface area (Å²) < 4.78 is 0. The highest BCUT2D eigenvalue weighted by atomic mass is 16.2. The molecule has 0 aliphatic heterocycles. The summed E-state index contributed by atoms with van der Waals surface area (Å²) in [6, 6.07) is 7.08. The second kappa shape index (κ2) is 9.94. The van der Waals surface area contributed by atoms with Crippen LogP contribution in [0.5, 0.6) is 0 Å². The van der Waals surface area contributed by atoms with Crippen molar-refractivity contribution in [3.05, 3.63) is 29.8 Å². The molecule has 1 aliphatic rings. The van der Waals surface area contributed by atoms with Gasteiger partial charge in [0.1, 0.15) is 0 Å².